The molecule has 1 atom stereocenters. The van der Waals surface area contributed by atoms with E-state index in [-0.39, 0.29) is 5.82 Å². The van der Waals surface area contributed by atoms with Crippen LogP contribution in [-0.2, 0) is 16.6 Å². The highest BCUT2D eigenvalue weighted by atomic mass is 79.9. The Morgan fingerprint density at radius 1 is 1.44 bits per heavy atom. The van der Waals surface area contributed by atoms with Gasteiger partial charge in [0.05, 0.1) is 6.42 Å². The van der Waals surface area contributed by atoms with E-state index >= 15 is 0 Å². The van der Waals surface area contributed by atoms with Gasteiger partial charge in [-0.2, -0.15) is 0 Å². The molecule has 0 aliphatic heterocycles. The van der Waals surface area contributed by atoms with Gasteiger partial charge in [0.2, 0.25) is 0 Å². The number of nitrogens with zero attached hydrogens (tertiary/aromatic N) is 1. The number of benzene rings is 1. The quantitative estimate of drug-likeness (QED) is 0.577. The highest BCUT2D eigenvalue weighted by Gasteiger charge is 2.51. The molecule has 0 saturated carbocycles. The number of hydrogen-bond donors (Lipinski definition) is 0. The summed E-state index contributed by atoms with van der Waals surface area (Å²) in [6.07, 6.45) is 1.24. The van der Waals surface area contributed by atoms with Crippen molar-refractivity contribution < 1.29 is 8.82 Å². The molecule has 0 fully saturated rings. The van der Waals surface area contributed by atoms with Crippen molar-refractivity contribution in [1.29, 1.82) is 0 Å². The Bertz CT molecular complexity index is 535. The fourth-order valence-corrected chi connectivity index (χ4v) is 4.17. The van der Waals surface area contributed by atoms with Crippen LogP contribution in [0.2, 0.25) is 19.6 Å². The monoisotopic (exact) mass is 327 g/mol. The fourth-order valence-electron chi connectivity index (χ4n) is 2.43. The summed E-state index contributed by atoms with van der Waals surface area (Å²) in [5.41, 5.74) is 0.226. The van der Waals surface area contributed by atoms with Crippen molar-refractivity contribution in [3.63, 3.8) is 0 Å². The topological polar surface area (TPSA) is 13.6 Å². The molecule has 0 spiro atoms. The van der Waals surface area contributed by atoms with Gasteiger partial charge in [-0.15, -0.1) is 0 Å². The van der Waals surface area contributed by atoms with Gasteiger partial charge in [0, 0.05) is 4.47 Å². The number of fused-ring (bicyclic) bond motifs is 1. The molecule has 2 nitrogen and oxygen atoms in total. The highest BCUT2D eigenvalue weighted by Crippen LogP contribution is 2.45. The molecular formula is C13H15BrFNOSi. The first-order valence-electron chi connectivity index (χ1n) is 5.85. The number of rotatable bonds is 2. The minimum atomic E-state index is -1.91. The molecule has 1 aromatic carbocycles. The van der Waals surface area contributed by atoms with Crippen LogP contribution >= 0.6 is 15.9 Å². The molecular weight excluding hydrogens is 313 g/mol. The first kappa shape index (κ1) is 13.7. The largest absolute Gasteiger partial charge is 0.358 e. The standard InChI is InChI=1S/C13H15BrFNOSi/c1-16-13(17-18(2,3)4)6-5-9-7-10(14)8-11(15)12(9)13/h7-8H,5-6H2,2-4H3. The summed E-state index contributed by atoms with van der Waals surface area (Å²) in [5.74, 6) is -0.342. The maximum Gasteiger partial charge on any atom is 0.358 e. The van der Waals surface area contributed by atoms with Gasteiger partial charge >= 0.3 is 5.72 Å². The van der Waals surface area contributed by atoms with Gasteiger partial charge in [-0.25, -0.2) is 11.0 Å². The van der Waals surface area contributed by atoms with Gasteiger partial charge in [-0.05, 0) is 43.8 Å². The average Bonchev–Trinajstić information content (AvgIpc) is 2.55. The molecule has 0 N–H and O–H groups in total. The van der Waals surface area contributed by atoms with Gasteiger partial charge in [-0.1, -0.05) is 15.9 Å². The third kappa shape index (κ3) is 2.37. The molecule has 1 aliphatic rings. The Morgan fingerprint density at radius 2 is 2.11 bits per heavy atom. The van der Waals surface area contributed by atoms with Gasteiger partial charge < -0.3 is 4.43 Å². The fraction of sp³-hybridized carbons (Fsp3) is 0.462. The van der Waals surface area contributed by atoms with Crippen LogP contribution in [0.3, 0.4) is 0 Å². The molecule has 1 unspecified atom stereocenters. The molecule has 0 aromatic heterocycles. The predicted molar refractivity (Wildman–Crippen MR) is 75.1 cm³/mol. The van der Waals surface area contributed by atoms with Crippen molar-refractivity contribution in [3.05, 3.63) is 45.0 Å². The molecule has 0 radical (unpaired) electrons. The summed E-state index contributed by atoms with van der Waals surface area (Å²) in [5, 5.41) is 0. The summed E-state index contributed by atoms with van der Waals surface area (Å²) in [6.45, 7) is 13.5. The van der Waals surface area contributed by atoms with Crippen molar-refractivity contribution >= 4 is 24.2 Å². The highest BCUT2D eigenvalue weighted by molar-refractivity contribution is 9.10. The second kappa shape index (κ2) is 4.44. The number of hydrogen-bond acceptors (Lipinski definition) is 1. The van der Waals surface area contributed by atoms with E-state index in [0.717, 1.165) is 5.56 Å². The maximum absolute atomic E-state index is 14.2. The number of halogens is 2. The Labute approximate surface area is 116 Å². The van der Waals surface area contributed by atoms with E-state index in [1.807, 2.05) is 25.7 Å². The van der Waals surface area contributed by atoms with Gasteiger partial charge in [-0.3, -0.25) is 4.85 Å². The molecule has 1 aliphatic carbocycles. The van der Waals surface area contributed by atoms with Crippen molar-refractivity contribution in [1.82, 2.24) is 0 Å². The first-order valence-corrected chi connectivity index (χ1v) is 10.0. The van der Waals surface area contributed by atoms with Crippen LogP contribution in [0.25, 0.3) is 4.85 Å². The Hall–Kier alpha value is -0.703. The zero-order valence-electron chi connectivity index (χ0n) is 10.7. The van der Waals surface area contributed by atoms with Crippen LogP contribution < -0.4 is 0 Å². The van der Waals surface area contributed by atoms with E-state index in [2.05, 4.69) is 20.8 Å². The molecule has 2 rings (SSSR count). The third-order valence-corrected chi connectivity index (χ3v) is 4.32. The molecule has 0 bridgehead atoms. The average molecular weight is 328 g/mol. The first-order chi connectivity index (χ1) is 8.27. The number of aryl methyl sites for hydroxylation is 1. The summed E-state index contributed by atoms with van der Waals surface area (Å²) < 4.78 is 20.9. The van der Waals surface area contributed by atoms with E-state index in [4.69, 9.17) is 11.0 Å². The lowest BCUT2D eigenvalue weighted by Crippen LogP contribution is -2.37. The lowest BCUT2D eigenvalue weighted by Gasteiger charge is -2.26. The van der Waals surface area contributed by atoms with Crippen molar-refractivity contribution in [2.45, 2.75) is 38.2 Å². The minimum Gasteiger partial charge on any atom is -0.347 e. The van der Waals surface area contributed by atoms with Crippen LogP contribution in [0.5, 0.6) is 0 Å². The Morgan fingerprint density at radius 3 is 2.67 bits per heavy atom. The van der Waals surface area contributed by atoms with E-state index in [1.54, 1.807) is 0 Å². The second-order valence-electron chi connectivity index (χ2n) is 5.53. The molecule has 0 amide bonds. The van der Waals surface area contributed by atoms with Crippen LogP contribution in [0.1, 0.15) is 17.5 Å². The third-order valence-electron chi connectivity index (χ3n) is 2.92. The zero-order chi connectivity index (χ0) is 13.6. The van der Waals surface area contributed by atoms with Crippen molar-refractivity contribution in [3.8, 4) is 0 Å². The second-order valence-corrected chi connectivity index (χ2v) is 10.9. The van der Waals surface area contributed by atoms with Crippen LogP contribution in [0.4, 0.5) is 4.39 Å². The van der Waals surface area contributed by atoms with Gasteiger partial charge in [0.15, 0.2) is 8.32 Å². The maximum atomic E-state index is 14.2. The normalized spacial score (nSPS) is 22.7. The lowest BCUT2D eigenvalue weighted by atomic mass is 10.1. The summed E-state index contributed by atoms with van der Waals surface area (Å²) in [7, 11) is -1.91. The molecule has 1 aromatic rings. The van der Waals surface area contributed by atoms with E-state index in [0.29, 0.717) is 22.9 Å². The van der Waals surface area contributed by atoms with E-state index < -0.39 is 14.0 Å². The SMILES string of the molecule is [C-]#[N+]C1(O[Si](C)(C)C)CCc2cc(Br)cc(F)c21. The molecule has 0 heterocycles. The van der Waals surface area contributed by atoms with E-state index in [9.17, 15) is 4.39 Å². The molecule has 18 heavy (non-hydrogen) atoms. The smallest absolute Gasteiger partial charge is 0.347 e. The van der Waals surface area contributed by atoms with Crippen molar-refractivity contribution in [2.75, 3.05) is 0 Å². The van der Waals surface area contributed by atoms with Crippen molar-refractivity contribution in [2.24, 2.45) is 0 Å². The summed E-state index contributed by atoms with van der Waals surface area (Å²) >= 11 is 3.29. The van der Waals surface area contributed by atoms with Crippen LogP contribution in [0.15, 0.2) is 16.6 Å². The lowest BCUT2D eigenvalue weighted by molar-refractivity contribution is 0.106. The molecule has 5 heteroatoms. The van der Waals surface area contributed by atoms with Gasteiger partial charge in [0.1, 0.15) is 11.4 Å². The van der Waals surface area contributed by atoms with E-state index in [1.165, 1.54) is 6.07 Å². The van der Waals surface area contributed by atoms with Crippen LogP contribution in [0, 0.1) is 12.4 Å². The predicted octanol–water partition coefficient (Wildman–Crippen LogP) is 4.46. The minimum absolute atomic E-state index is 0.342. The molecule has 96 valence electrons. The zero-order valence-corrected chi connectivity index (χ0v) is 13.3. The Balaban J connectivity index is 2.55. The van der Waals surface area contributed by atoms with Gasteiger partial charge in [0.25, 0.3) is 0 Å². The summed E-state index contributed by atoms with van der Waals surface area (Å²) in [6, 6.07) is 3.30. The van der Waals surface area contributed by atoms with Crippen LogP contribution in [-0.4, -0.2) is 8.32 Å². The Kier molecular flexibility index (Phi) is 3.39. The molecule has 0 saturated heterocycles. The summed E-state index contributed by atoms with van der Waals surface area (Å²) in [4.78, 5) is 3.64.